The second kappa shape index (κ2) is 6.69. The number of rotatable bonds is 5. The highest BCUT2D eigenvalue weighted by molar-refractivity contribution is 7.98. The van der Waals surface area contributed by atoms with Crippen molar-refractivity contribution in [3.63, 3.8) is 0 Å². The maximum atomic E-state index is 4.41. The molecule has 3 heterocycles. The Morgan fingerprint density at radius 2 is 2.14 bits per heavy atom. The lowest BCUT2D eigenvalue weighted by atomic mass is 10.4. The van der Waals surface area contributed by atoms with Gasteiger partial charge in [0, 0.05) is 28.4 Å². The first kappa shape index (κ1) is 14.0. The smallest absolute Gasteiger partial charge is 0.188 e. The fraction of sp³-hybridized carbons (Fsp3) is 0.133. The molecule has 3 aromatic rings. The van der Waals surface area contributed by atoms with Crippen molar-refractivity contribution >= 4 is 34.0 Å². The number of nitrogens with zero attached hydrogens (tertiary/aromatic N) is 3. The van der Waals surface area contributed by atoms with Crippen molar-refractivity contribution in [2.45, 2.75) is 17.6 Å². The van der Waals surface area contributed by atoms with Gasteiger partial charge in [-0.15, -0.1) is 23.1 Å². The lowest BCUT2D eigenvalue weighted by molar-refractivity contribution is 1.17. The van der Waals surface area contributed by atoms with Gasteiger partial charge in [-0.1, -0.05) is 6.07 Å². The molecule has 0 bridgehead atoms. The van der Waals surface area contributed by atoms with E-state index in [9.17, 15) is 0 Å². The third kappa shape index (κ3) is 4.03. The summed E-state index contributed by atoms with van der Waals surface area (Å²) in [6, 6.07) is 9.99. The molecular formula is C15H14N4S2. The zero-order valence-corrected chi connectivity index (χ0v) is 13.1. The molecule has 0 aliphatic rings. The first-order valence-electron chi connectivity index (χ1n) is 6.47. The van der Waals surface area contributed by atoms with Crippen LogP contribution in [-0.4, -0.2) is 15.0 Å². The number of anilines is 2. The van der Waals surface area contributed by atoms with E-state index < -0.39 is 0 Å². The van der Waals surface area contributed by atoms with E-state index in [0.717, 1.165) is 33.0 Å². The molecule has 0 atom stereocenters. The zero-order chi connectivity index (χ0) is 14.5. The number of nitrogens with one attached hydrogen (secondary N) is 1. The van der Waals surface area contributed by atoms with E-state index >= 15 is 0 Å². The standard InChI is InChI=1S/C15H14N4S2/c1-11-9-21-15(18-11)19-14-6-5-13(8-17-14)20-10-12-4-2-3-7-16-12/h2-9H,10H2,1H3,(H,17,18,19). The number of hydrogen-bond acceptors (Lipinski definition) is 6. The van der Waals surface area contributed by atoms with Crippen molar-refractivity contribution in [3.05, 3.63) is 59.5 Å². The molecule has 0 unspecified atom stereocenters. The molecule has 0 amide bonds. The van der Waals surface area contributed by atoms with Gasteiger partial charge >= 0.3 is 0 Å². The molecule has 3 rings (SSSR count). The van der Waals surface area contributed by atoms with E-state index in [1.165, 1.54) is 0 Å². The van der Waals surface area contributed by atoms with Gasteiger partial charge < -0.3 is 5.32 Å². The quantitative estimate of drug-likeness (QED) is 0.712. The van der Waals surface area contributed by atoms with Crippen LogP contribution in [0.5, 0.6) is 0 Å². The first-order valence-corrected chi connectivity index (χ1v) is 8.34. The summed E-state index contributed by atoms with van der Waals surface area (Å²) in [5, 5.41) is 6.08. The Morgan fingerprint density at radius 1 is 1.19 bits per heavy atom. The normalized spacial score (nSPS) is 10.5. The van der Waals surface area contributed by atoms with E-state index in [1.54, 1.807) is 23.1 Å². The van der Waals surface area contributed by atoms with Gasteiger partial charge in [-0.2, -0.15) is 0 Å². The largest absolute Gasteiger partial charge is 0.316 e. The minimum Gasteiger partial charge on any atom is -0.316 e. The van der Waals surface area contributed by atoms with Crippen molar-refractivity contribution in [2.24, 2.45) is 0 Å². The van der Waals surface area contributed by atoms with E-state index in [-0.39, 0.29) is 0 Å². The highest BCUT2D eigenvalue weighted by Crippen LogP contribution is 2.24. The third-order valence-electron chi connectivity index (χ3n) is 2.70. The predicted molar refractivity (Wildman–Crippen MR) is 88.2 cm³/mol. The van der Waals surface area contributed by atoms with Crippen molar-refractivity contribution in [2.75, 3.05) is 5.32 Å². The molecule has 0 saturated carbocycles. The number of aryl methyl sites for hydroxylation is 1. The number of hydrogen-bond donors (Lipinski definition) is 1. The molecule has 0 fully saturated rings. The molecule has 0 saturated heterocycles. The third-order valence-corrected chi connectivity index (χ3v) is 4.59. The Balaban J connectivity index is 1.59. The summed E-state index contributed by atoms with van der Waals surface area (Å²) in [6.07, 6.45) is 3.69. The van der Waals surface area contributed by atoms with E-state index in [1.807, 2.05) is 49.0 Å². The molecule has 21 heavy (non-hydrogen) atoms. The number of pyridine rings is 2. The number of thioether (sulfide) groups is 1. The maximum absolute atomic E-state index is 4.41. The van der Waals surface area contributed by atoms with Crippen molar-refractivity contribution in [1.29, 1.82) is 0 Å². The van der Waals surface area contributed by atoms with E-state index in [2.05, 4.69) is 26.3 Å². The SMILES string of the molecule is Cc1csc(Nc2ccc(SCc3ccccn3)cn2)n1. The molecule has 106 valence electrons. The topological polar surface area (TPSA) is 50.7 Å². The Bertz CT molecular complexity index is 695. The van der Waals surface area contributed by atoms with Gasteiger partial charge in [0.25, 0.3) is 0 Å². The second-order valence-corrected chi connectivity index (χ2v) is 6.31. The van der Waals surface area contributed by atoms with Crippen LogP contribution in [-0.2, 0) is 5.75 Å². The minimum atomic E-state index is 0.812. The van der Waals surface area contributed by atoms with Gasteiger partial charge in [0.2, 0.25) is 0 Å². The van der Waals surface area contributed by atoms with Gasteiger partial charge in [-0.05, 0) is 31.2 Å². The minimum absolute atomic E-state index is 0.812. The van der Waals surface area contributed by atoms with Crippen LogP contribution in [0.2, 0.25) is 0 Å². The fourth-order valence-corrected chi connectivity index (χ4v) is 3.17. The Morgan fingerprint density at radius 3 is 2.81 bits per heavy atom. The molecule has 0 radical (unpaired) electrons. The highest BCUT2D eigenvalue weighted by atomic mass is 32.2. The summed E-state index contributed by atoms with van der Waals surface area (Å²) in [6.45, 7) is 1.98. The summed E-state index contributed by atoms with van der Waals surface area (Å²) >= 11 is 3.31. The van der Waals surface area contributed by atoms with Crippen LogP contribution < -0.4 is 5.32 Å². The molecule has 1 N–H and O–H groups in total. The van der Waals surface area contributed by atoms with Crippen molar-refractivity contribution < 1.29 is 0 Å². The molecule has 6 heteroatoms. The molecular weight excluding hydrogens is 300 g/mol. The Kier molecular flexibility index (Phi) is 4.47. The number of thiazole rings is 1. The van der Waals surface area contributed by atoms with E-state index in [0.29, 0.717) is 0 Å². The number of aromatic nitrogens is 3. The Labute approximate surface area is 131 Å². The summed E-state index contributed by atoms with van der Waals surface area (Å²) in [4.78, 5) is 14.2. The molecule has 0 aliphatic carbocycles. The van der Waals surface area contributed by atoms with Crippen LogP contribution in [0.15, 0.2) is 53.0 Å². The molecule has 0 spiro atoms. The molecule has 0 aromatic carbocycles. The summed E-state index contributed by atoms with van der Waals surface area (Å²) < 4.78 is 0. The van der Waals surface area contributed by atoms with Gasteiger partial charge in [-0.3, -0.25) is 4.98 Å². The second-order valence-electron chi connectivity index (χ2n) is 4.41. The van der Waals surface area contributed by atoms with Crippen molar-refractivity contribution in [1.82, 2.24) is 15.0 Å². The lowest BCUT2D eigenvalue weighted by Gasteiger charge is -2.04. The fourth-order valence-electron chi connectivity index (χ4n) is 1.70. The van der Waals surface area contributed by atoms with Crippen LogP contribution in [0.1, 0.15) is 11.4 Å². The summed E-state index contributed by atoms with van der Waals surface area (Å²) in [7, 11) is 0. The highest BCUT2D eigenvalue weighted by Gasteiger charge is 2.02. The molecule has 4 nitrogen and oxygen atoms in total. The zero-order valence-electron chi connectivity index (χ0n) is 11.5. The van der Waals surface area contributed by atoms with E-state index in [4.69, 9.17) is 0 Å². The van der Waals surface area contributed by atoms with Gasteiger partial charge in [0.15, 0.2) is 5.13 Å². The molecule has 0 aliphatic heterocycles. The monoisotopic (exact) mass is 314 g/mol. The van der Waals surface area contributed by atoms with Crippen LogP contribution >= 0.6 is 23.1 Å². The predicted octanol–water partition coefficient (Wildman–Crippen LogP) is 4.28. The average Bonchev–Trinajstić information content (AvgIpc) is 2.93. The Hall–Kier alpha value is -1.92. The lowest BCUT2D eigenvalue weighted by Crippen LogP contribution is -1.92. The van der Waals surface area contributed by atoms with Crippen LogP contribution in [0.25, 0.3) is 0 Å². The van der Waals surface area contributed by atoms with Gasteiger partial charge in [-0.25, -0.2) is 9.97 Å². The van der Waals surface area contributed by atoms with Gasteiger partial charge in [0.05, 0.1) is 11.4 Å². The average molecular weight is 314 g/mol. The van der Waals surface area contributed by atoms with Crippen LogP contribution in [0.4, 0.5) is 10.9 Å². The van der Waals surface area contributed by atoms with Gasteiger partial charge in [0.1, 0.15) is 5.82 Å². The van der Waals surface area contributed by atoms with Crippen molar-refractivity contribution in [3.8, 4) is 0 Å². The summed E-state index contributed by atoms with van der Waals surface area (Å²) in [5.41, 5.74) is 2.09. The maximum Gasteiger partial charge on any atom is 0.188 e. The van der Waals surface area contributed by atoms with Crippen LogP contribution in [0, 0.1) is 6.92 Å². The van der Waals surface area contributed by atoms with Crippen LogP contribution in [0.3, 0.4) is 0 Å². The molecule has 3 aromatic heterocycles. The first-order chi connectivity index (χ1) is 10.3. The summed E-state index contributed by atoms with van der Waals surface area (Å²) in [5.74, 6) is 1.66.